The summed E-state index contributed by atoms with van der Waals surface area (Å²) in [6, 6.07) is 9.66. The van der Waals surface area contributed by atoms with Gasteiger partial charge in [0.15, 0.2) is 5.75 Å². The van der Waals surface area contributed by atoms with Crippen molar-refractivity contribution in [2.45, 2.75) is 77.5 Å². The number of aromatic amines is 2. The predicted octanol–water partition coefficient (Wildman–Crippen LogP) is 6.41. The lowest BCUT2D eigenvalue weighted by Gasteiger charge is -2.30. The Morgan fingerprint density at radius 2 is 1.23 bits per heavy atom. The second-order valence-electron chi connectivity index (χ2n) is 15.3. The molecule has 0 unspecified atom stereocenters. The van der Waals surface area contributed by atoms with Gasteiger partial charge in [-0.25, -0.2) is 19.6 Å². The summed E-state index contributed by atoms with van der Waals surface area (Å²) in [6.07, 6.45) is 7.16. The molecule has 0 bridgehead atoms. The van der Waals surface area contributed by atoms with Crippen molar-refractivity contribution in [1.82, 2.24) is 40.4 Å². The van der Waals surface area contributed by atoms with E-state index in [4.69, 9.17) is 19.2 Å². The Hall–Kier alpha value is -6.19. The van der Waals surface area contributed by atoms with Crippen LogP contribution in [-0.2, 0) is 19.1 Å². The summed E-state index contributed by atoms with van der Waals surface area (Å²) in [6.45, 7) is 8.69. The molecular weight excluding hydrogens is 731 g/mol. The number of H-pyrrole nitrogens is 2. The van der Waals surface area contributed by atoms with Gasteiger partial charge in [-0.15, -0.1) is 0 Å². The minimum atomic E-state index is -0.714. The average molecular weight is 780 g/mol. The highest BCUT2D eigenvalue weighted by Crippen LogP contribution is 2.41. The van der Waals surface area contributed by atoms with E-state index in [0.717, 1.165) is 53.8 Å². The molecule has 4 amide bonds. The molecule has 2 fully saturated rings. The van der Waals surface area contributed by atoms with E-state index in [1.54, 1.807) is 28.4 Å². The maximum absolute atomic E-state index is 13.6. The van der Waals surface area contributed by atoms with Gasteiger partial charge >= 0.3 is 12.2 Å². The first kappa shape index (κ1) is 39.1. The first-order valence-electron chi connectivity index (χ1n) is 19.4. The summed E-state index contributed by atoms with van der Waals surface area (Å²) in [5.74, 6) is 2.02. The Bertz CT molecular complexity index is 2030. The number of nitrogens with zero attached hydrogens (tertiary/aromatic N) is 5. The summed E-state index contributed by atoms with van der Waals surface area (Å²) in [7, 11) is 2.56. The lowest BCUT2D eigenvalue weighted by Crippen LogP contribution is -2.51. The van der Waals surface area contributed by atoms with Crippen LogP contribution in [0, 0.1) is 11.8 Å². The Morgan fingerprint density at radius 3 is 1.72 bits per heavy atom. The summed E-state index contributed by atoms with van der Waals surface area (Å²) < 4.78 is 15.9. The third-order valence-corrected chi connectivity index (χ3v) is 10.8. The van der Waals surface area contributed by atoms with E-state index < -0.39 is 24.3 Å². The fourth-order valence-electron chi connectivity index (χ4n) is 7.73. The Kier molecular flexibility index (Phi) is 11.3. The first-order valence-corrected chi connectivity index (χ1v) is 19.4. The van der Waals surface area contributed by atoms with E-state index in [1.165, 1.54) is 14.2 Å². The number of aliphatic imine (C=N–C) groups is 1. The zero-order valence-corrected chi connectivity index (χ0v) is 33.0. The normalized spacial score (nSPS) is 18.4. The van der Waals surface area contributed by atoms with Crippen molar-refractivity contribution in [3.63, 3.8) is 0 Å². The molecule has 0 saturated carbocycles. The fourth-order valence-corrected chi connectivity index (χ4v) is 7.73. The lowest BCUT2D eigenvalue weighted by molar-refractivity contribution is -0.136. The molecule has 2 aromatic carbocycles. The molecular formula is C41H49N9O7. The number of nitrogens with one attached hydrogen (secondary N) is 4. The minimum Gasteiger partial charge on any atom is -0.454 e. The van der Waals surface area contributed by atoms with Gasteiger partial charge in [-0.2, -0.15) is 0 Å². The van der Waals surface area contributed by atoms with Crippen LogP contribution in [-0.4, -0.2) is 99.3 Å². The van der Waals surface area contributed by atoms with Crippen molar-refractivity contribution in [2.75, 3.05) is 27.3 Å². The molecule has 5 heterocycles. The number of hydrogen-bond donors (Lipinski definition) is 4. The van der Waals surface area contributed by atoms with Crippen molar-refractivity contribution in [1.29, 1.82) is 0 Å². The Morgan fingerprint density at radius 1 is 0.737 bits per heavy atom. The van der Waals surface area contributed by atoms with Crippen LogP contribution in [0.25, 0.3) is 22.5 Å². The topological polar surface area (TPSA) is 196 Å². The second kappa shape index (κ2) is 16.5. The van der Waals surface area contributed by atoms with E-state index in [2.05, 4.69) is 30.6 Å². The molecule has 7 rings (SSSR count). The molecule has 0 spiro atoms. The van der Waals surface area contributed by atoms with Gasteiger partial charge in [0.25, 0.3) is 0 Å². The van der Waals surface area contributed by atoms with Crippen LogP contribution in [0.15, 0.2) is 53.8 Å². The van der Waals surface area contributed by atoms with Crippen LogP contribution in [0.5, 0.6) is 11.5 Å². The minimum absolute atomic E-state index is 0.126. The number of amides is 4. The van der Waals surface area contributed by atoms with Crippen molar-refractivity contribution < 1.29 is 33.4 Å². The number of aromatic nitrogens is 4. The van der Waals surface area contributed by atoms with Crippen molar-refractivity contribution in [3.05, 3.63) is 66.0 Å². The number of likely N-dealkylation sites (tertiary alicyclic amines) is 2. The van der Waals surface area contributed by atoms with Crippen molar-refractivity contribution in [3.8, 4) is 34.0 Å². The number of methoxy groups -OCH3 is 2. The van der Waals surface area contributed by atoms with Crippen LogP contribution in [0.3, 0.4) is 0 Å². The number of carbonyl (C=O) groups excluding carboxylic acids is 4. The molecule has 0 radical (unpaired) electrons. The van der Waals surface area contributed by atoms with E-state index in [1.807, 2.05) is 64.1 Å². The Labute approximate surface area is 330 Å². The highest BCUT2D eigenvalue weighted by atomic mass is 16.5. The van der Waals surface area contributed by atoms with Crippen LogP contribution in [0.2, 0.25) is 0 Å². The van der Waals surface area contributed by atoms with E-state index >= 15 is 0 Å². The van der Waals surface area contributed by atoms with Crippen LogP contribution in [0.1, 0.15) is 82.7 Å². The highest BCUT2D eigenvalue weighted by Gasteiger charge is 2.39. The largest absolute Gasteiger partial charge is 0.454 e. The predicted molar refractivity (Wildman–Crippen MR) is 211 cm³/mol. The lowest BCUT2D eigenvalue weighted by atomic mass is 10.0. The van der Waals surface area contributed by atoms with Crippen LogP contribution < -0.4 is 15.4 Å². The van der Waals surface area contributed by atoms with Gasteiger partial charge in [-0.1, -0.05) is 27.7 Å². The van der Waals surface area contributed by atoms with Gasteiger partial charge in [-0.05, 0) is 73.9 Å². The number of rotatable bonds is 10. The van der Waals surface area contributed by atoms with Gasteiger partial charge in [-0.3, -0.25) is 14.6 Å². The molecule has 2 aromatic heterocycles. The number of alkyl carbamates (subject to hydrolysis) is 2. The van der Waals surface area contributed by atoms with E-state index in [9.17, 15) is 19.2 Å². The van der Waals surface area contributed by atoms with E-state index in [-0.39, 0.29) is 35.7 Å². The monoisotopic (exact) mass is 779 g/mol. The molecule has 4 atom stereocenters. The Balaban J connectivity index is 1.06. The molecule has 3 aliphatic rings. The number of ether oxygens (including phenoxy) is 3. The van der Waals surface area contributed by atoms with Crippen molar-refractivity contribution in [2.24, 2.45) is 16.8 Å². The third-order valence-electron chi connectivity index (χ3n) is 10.8. The zero-order chi connectivity index (χ0) is 40.4. The number of fused-ring (bicyclic) bond motifs is 2. The number of imidazole rings is 2. The summed E-state index contributed by atoms with van der Waals surface area (Å²) in [5, 5.41) is 5.38. The summed E-state index contributed by atoms with van der Waals surface area (Å²) in [5.41, 5.74) is 4.72. The fraction of sp³-hybridized carbons (Fsp3) is 0.439. The molecule has 2 saturated heterocycles. The maximum Gasteiger partial charge on any atom is 0.407 e. The SMILES string of the molecule is COC(=O)N[C@H](C(=O)N1CCC[C@H]1c1ncc(-c2ccc3c(c2)C=Nc2cc(-c4cnc([C@@H]5CCCN5C(=O)[C@@H](NC(=O)OC)C(C)C)[nH]4)ccc2O3)[nH]1)C(C)C. The molecule has 3 aliphatic heterocycles. The molecule has 300 valence electrons. The summed E-state index contributed by atoms with van der Waals surface area (Å²) in [4.78, 5) is 75.8. The van der Waals surface area contributed by atoms with Gasteiger partial charge in [0.1, 0.15) is 35.2 Å². The van der Waals surface area contributed by atoms with Crippen molar-refractivity contribution >= 4 is 35.9 Å². The zero-order valence-electron chi connectivity index (χ0n) is 33.0. The first-order chi connectivity index (χ1) is 27.4. The molecule has 4 N–H and O–H groups in total. The van der Waals surface area contributed by atoms with Gasteiger partial charge in [0, 0.05) is 36.0 Å². The smallest absolute Gasteiger partial charge is 0.407 e. The van der Waals surface area contributed by atoms with Gasteiger partial charge in [0.05, 0.1) is 50.1 Å². The molecule has 0 aliphatic carbocycles. The van der Waals surface area contributed by atoms with Crippen LogP contribution >= 0.6 is 0 Å². The average Bonchev–Trinajstić information content (AvgIpc) is 4.04. The molecule has 16 nitrogen and oxygen atoms in total. The second-order valence-corrected chi connectivity index (χ2v) is 15.3. The summed E-state index contributed by atoms with van der Waals surface area (Å²) >= 11 is 0. The van der Waals surface area contributed by atoms with E-state index in [0.29, 0.717) is 41.9 Å². The number of benzene rings is 2. The highest BCUT2D eigenvalue weighted by molar-refractivity contribution is 5.90. The quantitative estimate of drug-likeness (QED) is 0.124. The van der Waals surface area contributed by atoms with Gasteiger partial charge in [0.2, 0.25) is 11.8 Å². The molecule has 57 heavy (non-hydrogen) atoms. The van der Waals surface area contributed by atoms with Gasteiger partial charge < -0.3 is 44.6 Å². The maximum atomic E-state index is 13.6. The van der Waals surface area contributed by atoms with Crippen LogP contribution in [0.4, 0.5) is 15.3 Å². The standard InChI is InChI=1S/C41H49N9O7/c1-22(2)34(47-40(53)55-5)38(51)49-15-7-9-30(49)36-43-20-28(45-36)24-11-13-32-26(17-24)19-42-27-18-25(12-14-33(27)57-32)29-21-44-37(46-29)31-10-8-16-50(31)39(52)35(23(3)4)48-41(54)56-6/h11-14,17-23,30-31,34-35H,7-10,15-16H2,1-6H3,(H,43,45)(H,44,46)(H,47,53)(H,48,54)/t30-,31-,34-,35-/m0/s1. The number of carbonyl (C=O) groups is 4. The molecule has 4 aromatic rings. The third kappa shape index (κ3) is 8.07. The molecule has 16 heteroatoms. The number of hydrogen-bond acceptors (Lipinski definition) is 10.